The molecule has 0 saturated carbocycles. The molecule has 0 saturated heterocycles. The number of carbonyl (C=O) groups is 3. The average Bonchev–Trinajstić information content (AvgIpc) is 3.20. The molecule has 2 amide bonds. The quantitative estimate of drug-likeness (QED) is 0.563. The number of rotatable bonds is 8. The fraction of sp³-hybridized carbons (Fsp3) is 0.217. The standard InChI is InChI=1S/C23H24N4O4/c1-26(2)21(29)13-24-20(28)16-31-23(30)19-15-27(14-17-9-5-3-6-10-17)25-22(19)18-11-7-4-8-12-18/h3-12,15H,13-14,16H2,1-2H3,(H,24,28). The van der Waals surface area contributed by atoms with E-state index in [2.05, 4.69) is 10.4 Å². The Kier molecular flexibility index (Phi) is 7.16. The van der Waals surface area contributed by atoms with E-state index in [1.54, 1.807) is 25.0 Å². The van der Waals surface area contributed by atoms with E-state index >= 15 is 0 Å². The zero-order valence-electron chi connectivity index (χ0n) is 17.4. The summed E-state index contributed by atoms with van der Waals surface area (Å²) in [5, 5.41) is 6.99. The summed E-state index contributed by atoms with van der Waals surface area (Å²) < 4.78 is 6.85. The van der Waals surface area contributed by atoms with Gasteiger partial charge in [0, 0.05) is 25.9 Å². The van der Waals surface area contributed by atoms with Crippen molar-refractivity contribution >= 4 is 17.8 Å². The Hall–Kier alpha value is -3.94. The number of amides is 2. The molecule has 160 valence electrons. The Labute approximate surface area is 180 Å². The number of esters is 1. The minimum absolute atomic E-state index is 0.159. The van der Waals surface area contributed by atoms with Gasteiger partial charge in [-0.15, -0.1) is 0 Å². The zero-order valence-corrected chi connectivity index (χ0v) is 17.4. The highest BCUT2D eigenvalue weighted by atomic mass is 16.5. The predicted molar refractivity (Wildman–Crippen MR) is 115 cm³/mol. The van der Waals surface area contributed by atoms with Gasteiger partial charge in [-0.05, 0) is 5.56 Å². The summed E-state index contributed by atoms with van der Waals surface area (Å²) in [5.41, 5.74) is 2.54. The molecule has 0 bridgehead atoms. The highest BCUT2D eigenvalue weighted by molar-refractivity contribution is 5.97. The molecule has 3 aromatic rings. The molecule has 0 aliphatic carbocycles. The van der Waals surface area contributed by atoms with E-state index in [-0.39, 0.29) is 18.0 Å². The Morgan fingerprint density at radius 2 is 1.65 bits per heavy atom. The van der Waals surface area contributed by atoms with Gasteiger partial charge in [-0.25, -0.2) is 4.79 Å². The van der Waals surface area contributed by atoms with Crippen LogP contribution in [0.1, 0.15) is 15.9 Å². The Balaban J connectivity index is 1.73. The summed E-state index contributed by atoms with van der Waals surface area (Å²) in [6.45, 7) is -0.160. The number of nitrogens with zero attached hydrogens (tertiary/aromatic N) is 3. The molecule has 1 aromatic heterocycles. The summed E-state index contributed by atoms with van der Waals surface area (Å²) in [7, 11) is 3.18. The lowest BCUT2D eigenvalue weighted by Gasteiger charge is -2.11. The molecule has 8 heteroatoms. The molecule has 1 heterocycles. The fourth-order valence-electron chi connectivity index (χ4n) is 2.82. The maximum atomic E-state index is 12.7. The van der Waals surface area contributed by atoms with Gasteiger partial charge in [0.2, 0.25) is 5.91 Å². The van der Waals surface area contributed by atoms with Crippen molar-refractivity contribution in [1.82, 2.24) is 20.0 Å². The zero-order chi connectivity index (χ0) is 22.2. The summed E-state index contributed by atoms with van der Waals surface area (Å²) >= 11 is 0. The molecule has 0 radical (unpaired) electrons. The van der Waals surface area contributed by atoms with Gasteiger partial charge in [-0.1, -0.05) is 60.7 Å². The Morgan fingerprint density at radius 3 is 2.29 bits per heavy atom. The molecule has 3 rings (SSSR count). The first kappa shape index (κ1) is 21.8. The second kappa shape index (κ2) is 10.2. The van der Waals surface area contributed by atoms with Gasteiger partial charge in [0.1, 0.15) is 11.3 Å². The summed E-state index contributed by atoms with van der Waals surface area (Å²) in [5.74, 6) is -1.47. The number of ether oxygens (including phenoxy) is 1. The normalized spacial score (nSPS) is 10.4. The highest BCUT2D eigenvalue weighted by Gasteiger charge is 2.20. The van der Waals surface area contributed by atoms with Crippen LogP contribution in [0.15, 0.2) is 66.9 Å². The van der Waals surface area contributed by atoms with E-state index in [0.717, 1.165) is 11.1 Å². The number of hydrogen-bond donors (Lipinski definition) is 1. The molecular formula is C23H24N4O4. The second-order valence-corrected chi connectivity index (χ2v) is 7.08. The van der Waals surface area contributed by atoms with Crippen molar-refractivity contribution in [1.29, 1.82) is 0 Å². The lowest BCUT2D eigenvalue weighted by atomic mass is 10.1. The van der Waals surface area contributed by atoms with E-state index in [1.165, 1.54) is 4.90 Å². The van der Waals surface area contributed by atoms with Crippen LogP contribution in [0, 0.1) is 0 Å². The first-order valence-electron chi connectivity index (χ1n) is 9.75. The molecule has 31 heavy (non-hydrogen) atoms. The van der Waals surface area contributed by atoms with Crippen molar-refractivity contribution in [3.05, 3.63) is 78.0 Å². The van der Waals surface area contributed by atoms with Crippen molar-refractivity contribution in [2.75, 3.05) is 27.2 Å². The van der Waals surface area contributed by atoms with Crippen LogP contribution in [0.25, 0.3) is 11.3 Å². The van der Waals surface area contributed by atoms with Crippen LogP contribution in [0.4, 0.5) is 0 Å². The van der Waals surface area contributed by atoms with Crippen LogP contribution in [0.5, 0.6) is 0 Å². The van der Waals surface area contributed by atoms with Crippen molar-refractivity contribution in [3.8, 4) is 11.3 Å². The first-order chi connectivity index (χ1) is 14.9. The predicted octanol–water partition coefficient (Wildman–Crippen LogP) is 1.96. The Bertz CT molecular complexity index is 1050. The van der Waals surface area contributed by atoms with Crippen LogP contribution in [0.3, 0.4) is 0 Å². The van der Waals surface area contributed by atoms with Crippen LogP contribution in [-0.2, 0) is 20.9 Å². The summed E-state index contributed by atoms with van der Waals surface area (Å²) in [4.78, 5) is 37.6. The molecule has 2 aromatic carbocycles. The minimum atomic E-state index is -0.660. The van der Waals surface area contributed by atoms with Crippen LogP contribution >= 0.6 is 0 Å². The number of aromatic nitrogens is 2. The molecule has 0 aliphatic heterocycles. The SMILES string of the molecule is CN(C)C(=O)CNC(=O)COC(=O)c1cn(Cc2ccccc2)nc1-c1ccccc1. The number of nitrogens with one attached hydrogen (secondary N) is 1. The summed E-state index contributed by atoms with van der Waals surface area (Å²) in [6, 6.07) is 19.0. The lowest BCUT2D eigenvalue weighted by molar-refractivity contribution is -0.131. The molecule has 0 atom stereocenters. The smallest absolute Gasteiger partial charge is 0.342 e. The molecule has 0 aliphatic rings. The van der Waals surface area contributed by atoms with Gasteiger partial charge in [-0.3, -0.25) is 14.3 Å². The number of hydrogen-bond acceptors (Lipinski definition) is 5. The third kappa shape index (κ3) is 6.02. The maximum absolute atomic E-state index is 12.7. The van der Waals surface area contributed by atoms with Crippen molar-refractivity contribution in [2.45, 2.75) is 6.54 Å². The molecule has 0 spiro atoms. The molecule has 1 N–H and O–H groups in total. The maximum Gasteiger partial charge on any atom is 0.342 e. The number of benzene rings is 2. The van der Waals surface area contributed by atoms with Gasteiger partial charge >= 0.3 is 5.97 Å². The monoisotopic (exact) mass is 420 g/mol. The highest BCUT2D eigenvalue weighted by Crippen LogP contribution is 2.23. The molecule has 0 fully saturated rings. The molecular weight excluding hydrogens is 396 g/mol. The molecule has 8 nitrogen and oxygen atoms in total. The largest absolute Gasteiger partial charge is 0.452 e. The summed E-state index contributed by atoms with van der Waals surface area (Å²) in [6.07, 6.45) is 1.62. The fourth-order valence-corrected chi connectivity index (χ4v) is 2.82. The van der Waals surface area contributed by atoms with Gasteiger partial charge in [0.05, 0.1) is 13.1 Å². The van der Waals surface area contributed by atoms with Crippen molar-refractivity contribution in [3.63, 3.8) is 0 Å². The van der Waals surface area contributed by atoms with E-state index in [9.17, 15) is 14.4 Å². The second-order valence-electron chi connectivity index (χ2n) is 7.08. The van der Waals surface area contributed by atoms with Gasteiger partial charge in [-0.2, -0.15) is 5.10 Å². The molecule has 0 unspecified atom stereocenters. The van der Waals surface area contributed by atoms with Gasteiger partial charge in [0.25, 0.3) is 5.91 Å². The van der Waals surface area contributed by atoms with Crippen molar-refractivity contribution < 1.29 is 19.1 Å². The van der Waals surface area contributed by atoms with Crippen LogP contribution < -0.4 is 5.32 Å². The third-order valence-electron chi connectivity index (χ3n) is 4.49. The van der Waals surface area contributed by atoms with E-state index in [4.69, 9.17) is 4.74 Å². The minimum Gasteiger partial charge on any atom is -0.452 e. The van der Waals surface area contributed by atoms with Gasteiger partial charge < -0.3 is 15.0 Å². The van der Waals surface area contributed by atoms with E-state index < -0.39 is 18.5 Å². The number of carbonyl (C=O) groups excluding carboxylic acids is 3. The van der Waals surface area contributed by atoms with Crippen molar-refractivity contribution in [2.24, 2.45) is 0 Å². The van der Waals surface area contributed by atoms with Crippen LogP contribution in [0.2, 0.25) is 0 Å². The Morgan fingerprint density at radius 1 is 1.00 bits per heavy atom. The average molecular weight is 420 g/mol. The van der Waals surface area contributed by atoms with Crippen LogP contribution in [-0.4, -0.2) is 59.7 Å². The first-order valence-corrected chi connectivity index (χ1v) is 9.75. The topological polar surface area (TPSA) is 93.5 Å². The van der Waals surface area contributed by atoms with E-state index in [1.807, 2.05) is 60.7 Å². The lowest BCUT2D eigenvalue weighted by Crippen LogP contribution is -2.38. The van der Waals surface area contributed by atoms with Gasteiger partial charge in [0.15, 0.2) is 6.61 Å². The third-order valence-corrected chi connectivity index (χ3v) is 4.49. The number of likely N-dealkylation sites (N-methyl/N-ethyl adjacent to an activating group) is 1. The van der Waals surface area contributed by atoms with E-state index in [0.29, 0.717) is 12.2 Å².